The van der Waals surface area contributed by atoms with Crippen molar-refractivity contribution in [3.63, 3.8) is 0 Å². The zero-order valence-electron chi connectivity index (χ0n) is 17.3. The minimum absolute atomic E-state index is 0.0605. The molecular formula is C20H24F2N4O4S. The molecule has 0 bridgehead atoms. The number of aryl methyl sites for hydroxylation is 1. The minimum Gasteiger partial charge on any atom is -0.489 e. The number of halogens is 2. The van der Waals surface area contributed by atoms with Gasteiger partial charge in [0.25, 0.3) is 5.92 Å². The van der Waals surface area contributed by atoms with Gasteiger partial charge in [-0.3, -0.25) is 14.1 Å². The number of pyridine rings is 2. The molecule has 0 atom stereocenters. The van der Waals surface area contributed by atoms with Gasteiger partial charge in [-0.05, 0) is 13.0 Å². The second kappa shape index (κ2) is 7.66. The summed E-state index contributed by atoms with van der Waals surface area (Å²) in [6.07, 6.45) is 3.23. The standard InChI is InChI=1S/C20H24F2N4O4S/c1-4-31(28,29)16-7-13(30-12-5-11(27)6-12)9-24-18(16)19-25-14-8-17(20(2,21)22)23-10-15(14)26(19)3/h7-12,27-29H,4-6H2,1-3H3. The molecule has 3 heterocycles. The summed E-state index contributed by atoms with van der Waals surface area (Å²) in [5.41, 5.74) is 0.634. The first-order valence-electron chi connectivity index (χ1n) is 9.81. The van der Waals surface area contributed by atoms with Crippen molar-refractivity contribution in [1.82, 2.24) is 19.5 Å². The Labute approximate surface area is 179 Å². The molecule has 0 unspecified atom stereocenters. The lowest BCUT2D eigenvalue weighted by Gasteiger charge is -2.34. The molecule has 0 spiro atoms. The number of hydrogen-bond acceptors (Lipinski definition) is 7. The average Bonchev–Trinajstić information content (AvgIpc) is 3.02. The lowest BCUT2D eigenvalue weighted by molar-refractivity contribution is -0.0110. The van der Waals surface area contributed by atoms with E-state index in [1.165, 1.54) is 24.5 Å². The van der Waals surface area contributed by atoms with Crippen LogP contribution in [0, 0.1) is 0 Å². The summed E-state index contributed by atoms with van der Waals surface area (Å²) in [5, 5.41) is 9.45. The molecule has 0 radical (unpaired) electrons. The molecule has 3 aromatic rings. The maximum Gasteiger partial charge on any atom is 0.287 e. The topological polar surface area (TPSA) is 114 Å². The molecule has 1 aliphatic rings. The van der Waals surface area contributed by atoms with E-state index in [-0.39, 0.29) is 28.6 Å². The van der Waals surface area contributed by atoms with Gasteiger partial charge in [0, 0.05) is 38.6 Å². The Hall–Kier alpha value is -2.34. The lowest BCUT2D eigenvalue weighted by Crippen LogP contribution is -2.37. The predicted molar refractivity (Wildman–Crippen MR) is 113 cm³/mol. The average molecular weight is 454 g/mol. The third-order valence-corrected chi connectivity index (χ3v) is 7.20. The van der Waals surface area contributed by atoms with Crippen molar-refractivity contribution in [1.29, 1.82) is 0 Å². The van der Waals surface area contributed by atoms with Crippen LogP contribution in [0.25, 0.3) is 22.6 Å². The highest BCUT2D eigenvalue weighted by Gasteiger charge is 2.31. The fraction of sp³-hybridized carbons (Fsp3) is 0.450. The van der Waals surface area contributed by atoms with Crippen molar-refractivity contribution in [2.75, 3.05) is 5.75 Å². The van der Waals surface area contributed by atoms with E-state index >= 15 is 0 Å². The van der Waals surface area contributed by atoms with Gasteiger partial charge >= 0.3 is 0 Å². The number of aliphatic hydroxyl groups is 1. The number of alkyl halides is 2. The molecule has 3 aromatic heterocycles. The van der Waals surface area contributed by atoms with E-state index in [4.69, 9.17) is 4.74 Å². The summed E-state index contributed by atoms with van der Waals surface area (Å²) >= 11 is 0. The predicted octanol–water partition coefficient (Wildman–Crippen LogP) is 4.17. The quantitative estimate of drug-likeness (QED) is 0.512. The Kier molecular flexibility index (Phi) is 5.41. The van der Waals surface area contributed by atoms with Crippen LogP contribution >= 0.6 is 10.6 Å². The van der Waals surface area contributed by atoms with Gasteiger partial charge in [0.2, 0.25) is 0 Å². The molecule has 0 aromatic carbocycles. The van der Waals surface area contributed by atoms with E-state index < -0.39 is 22.2 Å². The van der Waals surface area contributed by atoms with Crippen LogP contribution in [0.3, 0.4) is 0 Å². The first kappa shape index (κ1) is 21.9. The van der Waals surface area contributed by atoms with Crippen molar-refractivity contribution >= 4 is 21.6 Å². The molecule has 1 saturated carbocycles. The normalized spacial score (nSPS) is 20.0. The van der Waals surface area contributed by atoms with Crippen LogP contribution in [0.5, 0.6) is 5.75 Å². The van der Waals surface area contributed by atoms with Gasteiger partial charge in [0.05, 0.1) is 34.4 Å². The molecule has 0 amide bonds. The number of aliphatic hydroxyl groups excluding tert-OH is 1. The fourth-order valence-corrected chi connectivity index (χ4v) is 4.50. The molecule has 31 heavy (non-hydrogen) atoms. The Balaban J connectivity index is 1.80. The van der Waals surface area contributed by atoms with Crippen LogP contribution in [-0.4, -0.2) is 51.7 Å². The maximum atomic E-state index is 13.7. The number of hydrogen-bond donors (Lipinski definition) is 3. The SMILES string of the molecule is CCS(O)(O)c1cc(OC2CC(O)C2)cnc1-c1nc2cc(C(C)(F)F)ncc2n1C. The number of ether oxygens (including phenoxy) is 1. The van der Waals surface area contributed by atoms with Gasteiger partial charge in [-0.2, -0.15) is 19.4 Å². The highest BCUT2D eigenvalue weighted by Crippen LogP contribution is 2.52. The van der Waals surface area contributed by atoms with Crippen LogP contribution in [0.1, 0.15) is 32.4 Å². The fourth-order valence-electron chi connectivity index (χ4n) is 3.43. The van der Waals surface area contributed by atoms with Gasteiger partial charge in [-0.25, -0.2) is 9.97 Å². The molecule has 8 nitrogen and oxygen atoms in total. The van der Waals surface area contributed by atoms with Crippen molar-refractivity contribution in [2.45, 2.75) is 49.7 Å². The Bertz CT molecular complexity index is 1130. The third kappa shape index (κ3) is 4.10. The Morgan fingerprint density at radius 3 is 2.55 bits per heavy atom. The van der Waals surface area contributed by atoms with Crippen molar-refractivity contribution < 1.29 is 27.7 Å². The summed E-state index contributed by atoms with van der Waals surface area (Å²) in [6.45, 7) is 2.41. The molecule has 4 rings (SSSR count). The van der Waals surface area contributed by atoms with E-state index in [0.717, 1.165) is 6.92 Å². The zero-order valence-corrected chi connectivity index (χ0v) is 18.1. The van der Waals surface area contributed by atoms with Crippen molar-refractivity contribution in [3.05, 3.63) is 30.2 Å². The first-order chi connectivity index (χ1) is 14.5. The summed E-state index contributed by atoms with van der Waals surface area (Å²) in [4.78, 5) is 12.8. The molecule has 168 valence electrons. The number of fused-ring (bicyclic) bond motifs is 1. The van der Waals surface area contributed by atoms with Gasteiger partial charge in [-0.15, -0.1) is 0 Å². The Morgan fingerprint density at radius 1 is 1.23 bits per heavy atom. The van der Waals surface area contributed by atoms with Gasteiger partial charge < -0.3 is 14.4 Å². The van der Waals surface area contributed by atoms with Crippen LogP contribution < -0.4 is 4.74 Å². The molecular weight excluding hydrogens is 430 g/mol. The van der Waals surface area contributed by atoms with Crippen LogP contribution in [-0.2, 0) is 13.0 Å². The largest absolute Gasteiger partial charge is 0.489 e. The third-order valence-electron chi connectivity index (χ3n) is 5.38. The maximum absolute atomic E-state index is 13.7. The molecule has 1 aliphatic carbocycles. The highest BCUT2D eigenvalue weighted by molar-refractivity contribution is 8.24. The minimum atomic E-state index is -3.20. The van der Waals surface area contributed by atoms with Gasteiger partial charge in [0.1, 0.15) is 23.2 Å². The van der Waals surface area contributed by atoms with Crippen molar-refractivity contribution in [2.24, 2.45) is 7.05 Å². The van der Waals surface area contributed by atoms with Gasteiger partial charge in [0.15, 0.2) is 5.82 Å². The summed E-state index contributed by atoms with van der Waals surface area (Å²) in [5.74, 6) is -2.40. The van der Waals surface area contributed by atoms with Crippen LogP contribution in [0.2, 0.25) is 0 Å². The van der Waals surface area contributed by atoms with E-state index in [1.807, 2.05) is 0 Å². The molecule has 1 fully saturated rings. The zero-order chi connectivity index (χ0) is 22.6. The molecule has 3 N–H and O–H groups in total. The summed E-state index contributed by atoms with van der Waals surface area (Å²) in [7, 11) is -1.52. The molecule has 0 saturated heterocycles. The smallest absolute Gasteiger partial charge is 0.287 e. The Morgan fingerprint density at radius 2 is 1.94 bits per heavy atom. The second-order valence-electron chi connectivity index (χ2n) is 7.78. The van der Waals surface area contributed by atoms with Gasteiger partial charge in [-0.1, -0.05) is 0 Å². The lowest BCUT2D eigenvalue weighted by atomic mass is 9.92. The first-order valence-corrected chi connectivity index (χ1v) is 11.5. The van der Waals surface area contributed by atoms with E-state index in [1.54, 1.807) is 18.5 Å². The van der Waals surface area contributed by atoms with Crippen LogP contribution in [0.15, 0.2) is 29.4 Å². The summed E-state index contributed by atoms with van der Waals surface area (Å²) in [6, 6.07) is 2.74. The highest BCUT2D eigenvalue weighted by atomic mass is 32.3. The van der Waals surface area contributed by atoms with Crippen molar-refractivity contribution in [3.8, 4) is 17.3 Å². The number of aromatic nitrogens is 4. The van der Waals surface area contributed by atoms with E-state index in [2.05, 4.69) is 15.0 Å². The van der Waals surface area contributed by atoms with Crippen LogP contribution in [0.4, 0.5) is 8.78 Å². The van der Waals surface area contributed by atoms with E-state index in [9.17, 15) is 23.0 Å². The molecule has 0 aliphatic heterocycles. The monoisotopic (exact) mass is 454 g/mol. The number of imidazole rings is 1. The summed E-state index contributed by atoms with van der Waals surface area (Å²) < 4.78 is 56.1. The van der Waals surface area contributed by atoms with E-state index in [0.29, 0.717) is 35.4 Å². The number of nitrogens with zero attached hydrogens (tertiary/aromatic N) is 4. The second-order valence-corrected chi connectivity index (χ2v) is 10.1. The number of rotatable bonds is 6. The molecule has 11 heteroatoms.